The molecule has 3 aromatic carbocycles. The molecule has 2 N–H and O–H groups in total. The Morgan fingerprint density at radius 2 is 1.50 bits per heavy atom. The van der Waals surface area contributed by atoms with Crippen molar-refractivity contribution in [3.05, 3.63) is 83.7 Å². The van der Waals surface area contributed by atoms with Crippen LogP contribution in [0.3, 0.4) is 0 Å². The number of hydrogen-bond acceptors (Lipinski definition) is 2. The number of phenols is 1. The van der Waals surface area contributed by atoms with Crippen molar-refractivity contribution < 1.29 is 5.11 Å². The number of benzene rings is 3. The SMILES string of the molecule is CC(C)(C)c1ccc(CCc2nc3cc(-c4ccc(O)cc4)ccc3[nH]2)cc1. The van der Waals surface area contributed by atoms with E-state index in [9.17, 15) is 5.11 Å². The van der Waals surface area contributed by atoms with Crippen LogP contribution < -0.4 is 0 Å². The number of phenolic OH excluding ortho intramolecular Hbond substituents is 1. The average molecular weight is 370 g/mol. The predicted molar refractivity (Wildman–Crippen MR) is 116 cm³/mol. The van der Waals surface area contributed by atoms with Crippen molar-refractivity contribution in [1.29, 1.82) is 0 Å². The molecule has 0 bridgehead atoms. The molecule has 4 rings (SSSR count). The highest BCUT2D eigenvalue weighted by molar-refractivity contribution is 5.82. The summed E-state index contributed by atoms with van der Waals surface area (Å²) in [5.41, 5.74) is 7.09. The van der Waals surface area contributed by atoms with Gasteiger partial charge in [0.05, 0.1) is 11.0 Å². The van der Waals surface area contributed by atoms with Gasteiger partial charge in [-0.25, -0.2) is 4.98 Å². The average Bonchev–Trinajstić information content (AvgIpc) is 3.09. The largest absolute Gasteiger partial charge is 0.508 e. The molecule has 0 aliphatic heterocycles. The minimum absolute atomic E-state index is 0.187. The highest BCUT2D eigenvalue weighted by Gasteiger charge is 2.13. The zero-order valence-corrected chi connectivity index (χ0v) is 16.7. The second kappa shape index (κ2) is 7.16. The molecule has 1 heterocycles. The minimum Gasteiger partial charge on any atom is -0.508 e. The normalized spacial score (nSPS) is 11.8. The Hall–Kier alpha value is -3.07. The van der Waals surface area contributed by atoms with Crippen LogP contribution in [-0.2, 0) is 18.3 Å². The van der Waals surface area contributed by atoms with E-state index >= 15 is 0 Å². The van der Waals surface area contributed by atoms with Crippen molar-refractivity contribution in [1.82, 2.24) is 9.97 Å². The van der Waals surface area contributed by atoms with Gasteiger partial charge in [0.2, 0.25) is 0 Å². The Bertz CT molecular complexity index is 1080. The molecule has 0 fully saturated rings. The molecule has 142 valence electrons. The number of rotatable bonds is 4. The summed E-state index contributed by atoms with van der Waals surface area (Å²) in [6.45, 7) is 6.72. The second-order valence-corrected chi connectivity index (χ2v) is 8.41. The van der Waals surface area contributed by atoms with Crippen LogP contribution in [0, 0.1) is 0 Å². The molecule has 0 aliphatic carbocycles. The highest BCUT2D eigenvalue weighted by atomic mass is 16.3. The molecule has 1 aromatic heterocycles. The molecule has 0 spiro atoms. The maximum atomic E-state index is 9.47. The van der Waals surface area contributed by atoms with E-state index in [0.717, 1.165) is 40.8 Å². The number of aromatic amines is 1. The lowest BCUT2D eigenvalue weighted by molar-refractivity contribution is 0.475. The van der Waals surface area contributed by atoms with E-state index in [1.807, 2.05) is 12.1 Å². The van der Waals surface area contributed by atoms with E-state index in [-0.39, 0.29) is 11.2 Å². The van der Waals surface area contributed by atoms with E-state index in [0.29, 0.717) is 0 Å². The highest BCUT2D eigenvalue weighted by Crippen LogP contribution is 2.26. The van der Waals surface area contributed by atoms with Crippen molar-refractivity contribution in [3.63, 3.8) is 0 Å². The van der Waals surface area contributed by atoms with Gasteiger partial charge in [-0.15, -0.1) is 0 Å². The van der Waals surface area contributed by atoms with Gasteiger partial charge in [0, 0.05) is 6.42 Å². The number of nitrogens with one attached hydrogen (secondary N) is 1. The Balaban J connectivity index is 1.49. The summed E-state index contributed by atoms with van der Waals surface area (Å²) in [6.07, 6.45) is 1.85. The molecule has 4 aromatic rings. The van der Waals surface area contributed by atoms with Gasteiger partial charge in [-0.2, -0.15) is 0 Å². The van der Waals surface area contributed by atoms with Crippen molar-refractivity contribution in [3.8, 4) is 16.9 Å². The molecular weight excluding hydrogens is 344 g/mol. The van der Waals surface area contributed by atoms with Crippen LogP contribution in [0.1, 0.15) is 37.7 Å². The van der Waals surface area contributed by atoms with Crippen LogP contribution in [0.25, 0.3) is 22.2 Å². The van der Waals surface area contributed by atoms with Gasteiger partial charge in [0.1, 0.15) is 11.6 Å². The van der Waals surface area contributed by atoms with Gasteiger partial charge in [-0.3, -0.25) is 0 Å². The number of imidazole rings is 1. The molecule has 28 heavy (non-hydrogen) atoms. The Kier molecular flexibility index (Phi) is 4.68. The predicted octanol–water partition coefficient (Wildman–Crippen LogP) is 6.02. The lowest BCUT2D eigenvalue weighted by Gasteiger charge is -2.19. The van der Waals surface area contributed by atoms with Gasteiger partial charge < -0.3 is 10.1 Å². The monoisotopic (exact) mass is 370 g/mol. The minimum atomic E-state index is 0.187. The zero-order valence-electron chi connectivity index (χ0n) is 16.7. The maximum absolute atomic E-state index is 9.47. The summed E-state index contributed by atoms with van der Waals surface area (Å²) in [6, 6.07) is 22.4. The van der Waals surface area contributed by atoms with Crippen LogP contribution in [-0.4, -0.2) is 15.1 Å². The molecule has 0 saturated heterocycles. The maximum Gasteiger partial charge on any atom is 0.115 e. The third-order valence-corrected chi connectivity index (χ3v) is 5.20. The van der Waals surface area contributed by atoms with Crippen LogP contribution in [0.4, 0.5) is 0 Å². The number of aromatic nitrogens is 2. The Labute approximate surface area is 166 Å². The topological polar surface area (TPSA) is 48.9 Å². The first-order valence-electron chi connectivity index (χ1n) is 9.76. The van der Waals surface area contributed by atoms with E-state index in [1.165, 1.54) is 11.1 Å². The molecule has 0 unspecified atom stereocenters. The van der Waals surface area contributed by atoms with Crippen molar-refractivity contribution in [2.24, 2.45) is 0 Å². The van der Waals surface area contributed by atoms with E-state index in [1.54, 1.807) is 12.1 Å². The van der Waals surface area contributed by atoms with E-state index < -0.39 is 0 Å². The smallest absolute Gasteiger partial charge is 0.115 e. The molecule has 0 amide bonds. The standard InChI is InChI=1S/C25H26N2O/c1-25(2,3)20-10-4-17(5-11-20)6-15-24-26-22-14-9-19(16-23(22)27-24)18-7-12-21(28)13-8-18/h4-5,7-14,16,28H,6,15H2,1-3H3,(H,26,27). The van der Waals surface area contributed by atoms with Crippen LogP contribution in [0.15, 0.2) is 66.7 Å². The number of H-pyrrole nitrogens is 1. The lowest BCUT2D eigenvalue weighted by atomic mass is 9.86. The third-order valence-electron chi connectivity index (χ3n) is 5.20. The molecule has 0 saturated carbocycles. The quantitative estimate of drug-likeness (QED) is 0.461. The van der Waals surface area contributed by atoms with Crippen molar-refractivity contribution in [2.75, 3.05) is 0 Å². The third kappa shape index (κ3) is 3.94. The first kappa shape index (κ1) is 18.3. The summed E-state index contributed by atoms with van der Waals surface area (Å²) in [5.74, 6) is 1.29. The zero-order chi connectivity index (χ0) is 19.7. The molecular formula is C25H26N2O. The summed E-state index contributed by atoms with van der Waals surface area (Å²) in [5, 5.41) is 9.47. The number of fused-ring (bicyclic) bond motifs is 1. The van der Waals surface area contributed by atoms with Crippen LogP contribution >= 0.6 is 0 Å². The summed E-state index contributed by atoms with van der Waals surface area (Å²) in [4.78, 5) is 8.22. The van der Waals surface area contributed by atoms with Crippen molar-refractivity contribution in [2.45, 2.75) is 39.0 Å². The van der Waals surface area contributed by atoms with Gasteiger partial charge in [0.25, 0.3) is 0 Å². The molecule has 0 atom stereocenters. The van der Waals surface area contributed by atoms with Gasteiger partial charge in [0.15, 0.2) is 0 Å². The van der Waals surface area contributed by atoms with Gasteiger partial charge >= 0.3 is 0 Å². The first-order valence-corrected chi connectivity index (χ1v) is 9.76. The fraction of sp³-hybridized carbons (Fsp3) is 0.240. The van der Waals surface area contributed by atoms with Crippen LogP contribution in [0.2, 0.25) is 0 Å². The Morgan fingerprint density at radius 1 is 0.821 bits per heavy atom. The molecule has 3 nitrogen and oxygen atoms in total. The second-order valence-electron chi connectivity index (χ2n) is 8.41. The van der Waals surface area contributed by atoms with Crippen molar-refractivity contribution >= 4 is 11.0 Å². The summed E-state index contributed by atoms with van der Waals surface area (Å²) < 4.78 is 0. The number of hydrogen-bond donors (Lipinski definition) is 2. The number of nitrogens with zero attached hydrogens (tertiary/aromatic N) is 1. The summed E-state index contributed by atoms with van der Waals surface area (Å²) >= 11 is 0. The molecule has 3 heteroatoms. The lowest BCUT2D eigenvalue weighted by Crippen LogP contribution is -2.10. The van der Waals surface area contributed by atoms with Gasteiger partial charge in [-0.1, -0.05) is 63.2 Å². The van der Waals surface area contributed by atoms with E-state index in [4.69, 9.17) is 4.98 Å². The fourth-order valence-corrected chi connectivity index (χ4v) is 3.44. The number of aryl methyl sites for hydroxylation is 2. The van der Waals surface area contributed by atoms with Crippen LogP contribution in [0.5, 0.6) is 5.75 Å². The number of aromatic hydroxyl groups is 1. The molecule has 0 radical (unpaired) electrons. The first-order chi connectivity index (χ1) is 13.4. The fourth-order valence-electron chi connectivity index (χ4n) is 3.44. The Morgan fingerprint density at radius 3 is 2.18 bits per heavy atom. The van der Waals surface area contributed by atoms with Gasteiger partial charge in [-0.05, 0) is 58.4 Å². The summed E-state index contributed by atoms with van der Waals surface area (Å²) in [7, 11) is 0. The van der Waals surface area contributed by atoms with E-state index in [2.05, 4.69) is 68.2 Å². The molecule has 0 aliphatic rings.